The van der Waals surface area contributed by atoms with E-state index in [2.05, 4.69) is 20.2 Å². The summed E-state index contributed by atoms with van der Waals surface area (Å²) in [5.74, 6) is 0.992. The average Bonchev–Trinajstić information content (AvgIpc) is 2.67. The number of alkyl halides is 1. The maximum atomic E-state index is 5.66. The number of halogens is 1. The summed E-state index contributed by atoms with van der Waals surface area (Å²) in [6.45, 7) is 0. The SMILES string of the molecule is ClCc1nncn1-c1cncnc1. The topological polar surface area (TPSA) is 56.5 Å². The highest BCUT2D eigenvalue weighted by Gasteiger charge is 2.03. The molecule has 2 heterocycles. The van der Waals surface area contributed by atoms with Crippen LogP contribution in [0.1, 0.15) is 5.82 Å². The standard InChI is InChI=1S/C7H6ClN5/c8-1-7-12-11-5-13(7)6-2-9-4-10-3-6/h2-5H,1H2. The molecule has 0 bridgehead atoms. The fourth-order valence-electron chi connectivity index (χ4n) is 0.981. The van der Waals surface area contributed by atoms with Crippen molar-refractivity contribution in [1.82, 2.24) is 24.7 Å². The maximum Gasteiger partial charge on any atom is 0.152 e. The van der Waals surface area contributed by atoms with Crippen LogP contribution in [0.2, 0.25) is 0 Å². The number of hydrogen-bond acceptors (Lipinski definition) is 4. The van der Waals surface area contributed by atoms with Gasteiger partial charge in [-0.1, -0.05) is 0 Å². The molecule has 6 heteroatoms. The van der Waals surface area contributed by atoms with Crippen molar-refractivity contribution in [2.75, 3.05) is 0 Å². The first-order chi connectivity index (χ1) is 6.42. The molecular weight excluding hydrogens is 190 g/mol. The quantitative estimate of drug-likeness (QED) is 0.665. The largest absolute Gasteiger partial charge is 0.281 e. The Balaban J connectivity index is 2.47. The predicted molar refractivity (Wildman–Crippen MR) is 46.5 cm³/mol. The second-order valence-electron chi connectivity index (χ2n) is 2.35. The number of aromatic nitrogens is 5. The Kier molecular flexibility index (Phi) is 2.18. The molecule has 0 radical (unpaired) electrons. The van der Waals surface area contributed by atoms with Gasteiger partial charge in [0.1, 0.15) is 12.7 Å². The van der Waals surface area contributed by atoms with Crippen LogP contribution in [0.15, 0.2) is 25.0 Å². The van der Waals surface area contributed by atoms with E-state index in [4.69, 9.17) is 11.6 Å². The van der Waals surface area contributed by atoms with E-state index in [9.17, 15) is 0 Å². The van der Waals surface area contributed by atoms with Crippen molar-refractivity contribution in [3.05, 3.63) is 30.9 Å². The van der Waals surface area contributed by atoms with Crippen LogP contribution in [-0.4, -0.2) is 24.7 Å². The van der Waals surface area contributed by atoms with Crippen molar-refractivity contribution in [2.24, 2.45) is 0 Å². The van der Waals surface area contributed by atoms with Crippen LogP contribution < -0.4 is 0 Å². The Hall–Kier alpha value is -1.49. The van der Waals surface area contributed by atoms with E-state index in [1.165, 1.54) is 6.33 Å². The first kappa shape index (κ1) is 8.12. The fraction of sp³-hybridized carbons (Fsp3) is 0.143. The molecule has 0 unspecified atom stereocenters. The molecule has 0 saturated heterocycles. The lowest BCUT2D eigenvalue weighted by Gasteiger charge is -2.01. The Morgan fingerprint density at radius 1 is 1.31 bits per heavy atom. The van der Waals surface area contributed by atoms with Gasteiger partial charge in [-0.25, -0.2) is 9.97 Å². The van der Waals surface area contributed by atoms with Crippen molar-refractivity contribution in [3.63, 3.8) is 0 Å². The van der Waals surface area contributed by atoms with Gasteiger partial charge in [0.05, 0.1) is 24.0 Å². The van der Waals surface area contributed by atoms with Gasteiger partial charge in [0.2, 0.25) is 0 Å². The summed E-state index contributed by atoms with van der Waals surface area (Å²) in [7, 11) is 0. The molecule has 0 aromatic carbocycles. The van der Waals surface area contributed by atoms with E-state index in [1.54, 1.807) is 23.3 Å². The van der Waals surface area contributed by atoms with Gasteiger partial charge in [-0.15, -0.1) is 21.8 Å². The van der Waals surface area contributed by atoms with Crippen LogP contribution in [0.5, 0.6) is 0 Å². The molecule has 0 N–H and O–H groups in total. The second kappa shape index (κ2) is 3.49. The summed E-state index contributed by atoms with van der Waals surface area (Å²) in [4.78, 5) is 7.77. The van der Waals surface area contributed by atoms with Crippen LogP contribution in [0.25, 0.3) is 5.69 Å². The lowest BCUT2D eigenvalue weighted by molar-refractivity contribution is 0.931. The Labute approximate surface area is 79.4 Å². The lowest BCUT2D eigenvalue weighted by atomic mass is 10.5. The number of rotatable bonds is 2. The highest BCUT2D eigenvalue weighted by molar-refractivity contribution is 6.16. The van der Waals surface area contributed by atoms with E-state index in [0.29, 0.717) is 11.7 Å². The van der Waals surface area contributed by atoms with Crippen LogP contribution >= 0.6 is 11.6 Å². The van der Waals surface area contributed by atoms with Gasteiger partial charge in [-0.3, -0.25) is 4.57 Å². The first-order valence-corrected chi connectivity index (χ1v) is 4.15. The van der Waals surface area contributed by atoms with E-state index < -0.39 is 0 Å². The highest BCUT2D eigenvalue weighted by atomic mass is 35.5. The smallest absolute Gasteiger partial charge is 0.152 e. The molecule has 5 nitrogen and oxygen atoms in total. The molecule has 0 fully saturated rings. The van der Waals surface area contributed by atoms with Gasteiger partial charge in [0.15, 0.2) is 5.82 Å². The molecule has 2 aromatic rings. The molecule has 0 aliphatic carbocycles. The van der Waals surface area contributed by atoms with Gasteiger partial charge in [0, 0.05) is 0 Å². The lowest BCUT2D eigenvalue weighted by Crippen LogP contribution is -1.98. The zero-order chi connectivity index (χ0) is 9.10. The molecule has 0 saturated carbocycles. The van der Waals surface area contributed by atoms with Crippen molar-refractivity contribution < 1.29 is 0 Å². The zero-order valence-electron chi connectivity index (χ0n) is 6.63. The van der Waals surface area contributed by atoms with E-state index in [-0.39, 0.29) is 0 Å². The average molecular weight is 196 g/mol. The van der Waals surface area contributed by atoms with Crippen LogP contribution in [0.4, 0.5) is 0 Å². The fourth-order valence-corrected chi connectivity index (χ4v) is 1.16. The Bertz CT molecular complexity index is 385. The molecule has 0 atom stereocenters. The summed E-state index contributed by atoms with van der Waals surface area (Å²) >= 11 is 5.66. The van der Waals surface area contributed by atoms with Gasteiger partial charge in [0.25, 0.3) is 0 Å². The zero-order valence-corrected chi connectivity index (χ0v) is 7.39. The monoisotopic (exact) mass is 195 g/mol. The van der Waals surface area contributed by atoms with E-state index >= 15 is 0 Å². The molecule has 2 rings (SSSR count). The number of hydrogen-bond donors (Lipinski definition) is 0. The molecule has 2 aromatic heterocycles. The van der Waals surface area contributed by atoms with Crippen LogP contribution in [0.3, 0.4) is 0 Å². The predicted octanol–water partition coefficient (Wildman–Crippen LogP) is 0.796. The van der Waals surface area contributed by atoms with Crippen molar-refractivity contribution in [3.8, 4) is 5.69 Å². The van der Waals surface area contributed by atoms with Gasteiger partial charge in [-0.2, -0.15) is 0 Å². The third-order valence-electron chi connectivity index (χ3n) is 1.56. The minimum absolute atomic E-state index is 0.314. The van der Waals surface area contributed by atoms with Gasteiger partial charge < -0.3 is 0 Å². The van der Waals surface area contributed by atoms with Crippen LogP contribution in [0, 0.1) is 0 Å². The second-order valence-corrected chi connectivity index (χ2v) is 2.61. The molecular formula is C7H6ClN5. The highest BCUT2D eigenvalue weighted by Crippen LogP contribution is 2.07. The molecule has 0 amide bonds. The molecule has 0 aliphatic rings. The van der Waals surface area contributed by atoms with Crippen molar-refractivity contribution in [2.45, 2.75) is 5.88 Å². The molecule has 66 valence electrons. The van der Waals surface area contributed by atoms with Crippen LogP contribution in [-0.2, 0) is 5.88 Å². The minimum Gasteiger partial charge on any atom is -0.281 e. The first-order valence-electron chi connectivity index (χ1n) is 3.62. The van der Waals surface area contributed by atoms with Crippen molar-refractivity contribution >= 4 is 11.6 Å². The molecule has 0 spiro atoms. The van der Waals surface area contributed by atoms with E-state index in [0.717, 1.165) is 5.69 Å². The molecule has 0 aliphatic heterocycles. The Morgan fingerprint density at radius 2 is 2.08 bits per heavy atom. The van der Waals surface area contributed by atoms with E-state index in [1.807, 2.05) is 0 Å². The summed E-state index contributed by atoms with van der Waals surface area (Å²) in [5, 5.41) is 7.58. The number of nitrogens with zero attached hydrogens (tertiary/aromatic N) is 5. The maximum absolute atomic E-state index is 5.66. The summed E-state index contributed by atoms with van der Waals surface area (Å²) < 4.78 is 1.74. The third kappa shape index (κ3) is 1.50. The van der Waals surface area contributed by atoms with Gasteiger partial charge in [-0.05, 0) is 0 Å². The minimum atomic E-state index is 0.314. The Morgan fingerprint density at radius 3 is 2.77 bits per heavy atom. The summed E-state index contributed by atoms with van der Waals surface area (Å²) in [5.41, 5.74) is 0.808. The van der Waals surface area contributed by atoms with Gasteiger partial charge >= 0.3 is 0 Å². The van der Waals surface area contributed by atoms with Crippen molar-refractivity contribution in [1.29, 1.82) is 0 Å². The summed E-state index contributed by atoms with van der Waals surface area (Å²) in [6, 6.07) is 0. The normalized spacial score (nSPS) is 10.2. The molecule has 13 heavy (non-hydrogen) atoms. The summed E-state index contributed by atoms with van der Waals surface area (Å²) in [6.07, 6.45) is 6.39. The third-order valence-corrected chi connectivity index (χ3v) is 1.80.